The van der Waals surface area contributed by atoms with Crippen LogP contribution in [0.1, 0.15) is 68.3 Å². The Morgan fingerprint density at radius 3 is 2.44 bits per heavy atom. The Balaban J connectivity index is 1.40. The molecule has 3 aliphatic rings. The molecule has 0 spiro atoms. The Morgan fingerprint density at radius 2 is 1.80 bits per heavy atom. The number of carbonyl (C=O) groups is 2. The van der Waals surface area contributed by atoms with Crippen molar-refractivity contribution in [2.24, 2.45) is 17.6 Å². The topological polar surface area (TPSA) is 145 Å². The maximum Gasteiger partial charge on any atom is 0.240 e. The van der Waals surface area contributed by atoms with Gasteiger partial charge >= 0.3 is 0 Å². The number of aliphatic hydroxyl groups is 1. The Hall–Kier alpha value is -3.51. The average Bonchev–Trinajstić information content (AvgIpc) is 3.37. The molecule has 5 N–H and O–H groups in total. The molecular formula is C34H45N5O5S. The summed E-state index contributed by atoms with van der Waals surface area (Å²) in [7, 11) is -3.79. The van der Waals surface area contributed by atoms with Crippen LogP contribution in [-0.4, -0.2) is 61.4 Å². The van der Waals surface area contributed by atoms with E-state index in [-0.39, 0.29) is 40.7 Å². The number of benzene rings is 2. The van der Waals surface area contributed by atoms with E-state index in [1.54, 1.807) is 12.1 Å². The van der Waals surface area contributed by atoms with E-state index >= 15 is 0 Å². The molecule has 1 aliphatic carbocycles. The highest BCUT2D eigenvalue weighted by Gasteiger charge is 2.36. The van der Waals surface area contributed by atoms with Crippen molar-refractivity contribution in [1.82, 2.24) is 9.62 Å². The fraction of sp³-hybridized carbons (Fsp3) is 0.471. The van der Waals surface area contributed by atoms with Gasteiger partial charge in [-0.15, -0.1) is 6.58 Å². The monoisotopic (exact) mass is 635 g/mol. The number of allylic oxidation sites excluding steroid dienone is 1. The van der Waals surface area contributed by atoms with Crippen molar-refractivity contribution in [2.75, 3.05) is 29.9 Å². The summed E-state index contributed by atoms with van der Waals surface area (Å²) in [5, 5.41) is 13.9. The van der Waals surface area contributed by atoms with E-state index in [0.29, 0.717) is 24.6 Å². The van der Waals surface area contributed by atoms with Gasteiger partial charge in [0.05, 0.1) is 21.9 Å². The van der Waals surface area contributed by atoms with Gasteiger partial charge < -0.3 is 21.1 Å². The van der Waals surface area contributed by atoms with Crippen LogP contribution >= 0.6 is 0 Å². The van der Waals surface area contributed by atoms with E-state index in [0.717, 1.165) is 62.3 Å². The highest BCUT2D eigenvalue weighted by molar-refractivity contribution is 7.89. The third-order valence-electron chi connectivity index (χ3n) is 9.42. The first-order valence-electron chi connectivity index (χ1n) is 15.8. The first-order chi connectivity index (χ1) is 21.4. The molecule has 242 valence electrons. The smallest absolute Gasteiger partial charge is 0.240 e. The van der Waals surface area contributed by atoms with Gasteiger partial charge in [0.25, 0.3) is 0 Å². The van der Waals surface area contributed by atoms with E-state index < -0.39 is 15.6 Å². The number of hydrogen-bond donors (Lipinski definition) is 4. The first-order valence-corrected chi connectivity index (χ1v) is 17.2. The van der Waals surface area contributed by atoms with E-state index in [1.807, 2.05) is 19.9 Å². The summed E-state index contributed by atoms with van der Waals surface area (Å²) in [6.07, 6.45) is 7.75. The summed E-state index contributed by atoms with van der Waals surface area (Å²) in [5.41, 5.74) is 8.23. The minimum Gasteiger partial charge on any atom is -0.390 e. The summed E-state index contributed by atoms with van der Waals surface area (Å²) < 4.78 is 27.8. The molecule has 1 amide bonds. The fourth-order valence-corrected chi connectivity index (χ4v) is 7.80. The second-order valence-electron chi connectivity index (χ2n) is 13.0. The SMILES string of the molecule is C=CCNS(=O)(=O)c1cccc(C(=O)/C=C2\Nc3ccc(CN4CCC(C(C)(C)O)CC4)cc3N2[C@H]2CC[C@H](C(N)=O)CC2)c1. The molecule has 0 radical (unpaired) electrons. The van der Waals surface area contributed by atoms with Gasteiger partial charge in [-0.25, -0.2) is 13.1 Å². The molecule has 1 saturated carbocycles. The highest BCUT2D eigenvalue weighted by atomic mass is 32.2. The highest BCUT2D eigenvalue weighted by Crippen LogP contribution is 2.43. The zero-order valence-corrected chi connectivity index (χ0v) is 27.0. The standard InChI is InChI=1S/C34H45N5O5S/c1-4-16-36-45(43,44)28-7-5-6-25(20-28)31(40)21-32-37-29-13-8-23(22-38-17-14-26(15-18-38)34(2,3)42)19-30(29)39(32)27-11-9-24(10-12-27)33(35)41/h4-8,13,19-21,24,26-27,36-37,42H,1,9-12,14-18,22H2,2-3H3,(H2,35,41)/b32-21+/t24-,27-. The Bertz CT molecular complexity index is 1570. The average molecular weight is 636 g/mol. The van der Waals surface area contributed by atoms with E-state index in [4.69, 9.17) is 5.73 Å². The van der Waals surface area contributed by atoms with Crippen LogP contribution in [0, 0.1) is 11.8 Å². The zero-order chi connectivity index (χ0) is 32.4. The van der Waals surface area contributed by atoms with Gasteiger partial charge in [-0.05, 0) is 101 Å². The minimum atomic E-state index is -3.79. The van der Waals surface area contributed by atoms with Crippen LogP contribution in [0.25, 0.3) is 0 Å². The molecule has 5 rings (SSSR count). The maximum absolute atomic E-state index is 13.6. The van der Waals surface area contributed by atoms with E-state index in [2.05, 4.69) is 38.6 Å². The summed E-state index contributed by atoms with van der Waals surface area (Å²) >= 11 is 0. The van der Waals surface area contributed by atoms with E-state index in [9.17, 15) is 23.1 Å². The number of primary amides is 1. The number of carbonyl (C=O) groups excluding carboxylic acids is 2. The predicted octanol–water partition coefficient (Wildman–Crippen LogP) is 4.13. The summed E-state index contributed by atoms with van der Waals surface area (Å²) in [6, 6.07) is 12.4. The molecule has 45 heavy (non-hydrogen) atoms. The fourth-order valence-electron chi connectivity index (χ4n) is 6.76. The number of likely N-dealkylation sites (tertiary alicyclic amines) is 1. The molecule has 0 aromatic heterocycles. The number of fused-ring (bicyclic) bond motifs is 1. The molecular weight excluding hydrogens is 590 g/mol. The molecule has 11 heteroatoms. The van der Waals surface area contributed by atoms with Crippen molar-refractivity contribution < 1.29 is 23.1 Å². The lowest BCUT2D eigenvalue weighted by Gasteiger charge is -2.38. The van der Waals surface area contributed by atoms with Crippen molar-refractivity contribution in [3.8, 4) is 0 Å². The lowest BCUT2D eigenvalue weighted by molar-refractivity contribution is -0.122. The lowest BCUT2D eigenvalue weighted by atomic mass is 9.83. The van der Waals surface area contributed by atoms with Gasteiger partial charge in [0.2, 0.25) is 15.9 Å². The predicted molar refractivity (Wildman–Crippen MR) is 176 cm³/mol. The zero-order valence-electron chi connectivity index (χ0n) is 26.2. The molecule has 2 heterocycles. The van der Waals surface area contributed by atoms with Gasteiger partial charge in [0, 0.05) is 36.7 Å². The van der Waals surface area contributed by atoms with Crippen molar-refractivity contribution >= 4 is 33.1 Å². The quantitative estimate of drug-likeness (QED) is 0.164. The number of sulfonamides is 1. The third-order valence-corrected chi connectivity index (χ3v) is 10.8. The Labute approximate surface area is 266 Å². The number of ketones is 1. The number of anilines is 2. The first kappa shape index (κ1) is 32.9. The second-order valence-corrected chi connectivity index (χ2v) is 14.8. The van der Waals surface area contributed by atoms with Crippen LogP contribution in [0.4, 0.5) is 11.4 Å². The number of nitrogens with zero attached hydrogens (tertiary/aromatic N) is 2. The largest absolute Gasteiger partial charge is 0.390 e. The van der Waals surface area contributed by atoms with Gasteiger partial charge in [0.15, 0.2) is 5.78 Å². The van der Waals surface area contributed by atoms with Crippen molar-refractivity contribution in [3.05, 3.63) is 78.1 Å². The van der Waals surface area contributed by atoms with Crippen molar-refractivity contribution in [3.63, 3.8) is 0 Å². The molecule has 0 atom stereocenters. The number of hydrogen-bond acceptors (Lipinski definition) is 8. The van der Waals surface area contributed by atoms with Crippen LogP contribution in [0.15, 0.2) is 71.9 Å². The van der Waals surface area contributed by atoms with E-state index in [1.165, 1.54) is 24.3 Å². The summed E-state index contributed by atoms with van der Waals surface area (Å²) in [4.78, 5) is 30.1. The van der Waals surface area contributed by atoms with Gasteiger partial charge in [-0.2, -0.15) is 0 Å². The second kappa shape index (κ2) is 13.5. The molecule has 2 aliphatic heterocycles. The number of nitrogens with one attached hydrogen (secondary N) is 2. The molecule has 2 aromatic carbocycles. The normalized spacial score (nSPS) is 22.2. The van der Waals surface area contributed by atoms with Crippen LogP contribution in [-0.2, 0) is 21.4 Å². The van der Waals surface area contributed by atoms with Crippen LogP contribution in [0.3, 0.4) is 0 Å². The van der Waals surface area contributed by atoms with Gasteiger partial charge in [-0.3, -0.25) is 14.5 Å². The van der Waals surface area contributed by atoms with Gasteiger partial charge in [-0.1, -0.05) is 24.3 Å². The van der Waals surface area contributed by atoms with Crippen LogP contribution in [0.5, 0.6) is 0 Å². The molecule has 1 saturated heterocycles. The molecule has 0 unspecified atom stereocenters. The maximum atomic E-state index is 13.6. The Kier molecular flexibility index (Phi) is 9.83. The van der Waals surface area contributed by atoms with Crippen LogP contribution in [0.2, 0.25) is 0 Å². The van der Waals surface area contributed by atoms with Crippen molar-refractivity contribution in [2.45, 2.75) is 75.5 Å². The number of amides is 1. The Morgan fingerprint density at radius 1 is 1.09 bits per heavy atom. The molecule has 2 aromatic rings. The molecule has 0 bridgehead atoms. The number of nitrogens with two attached hydrogens (primary N) is 1. The molecule has 10 nitrogen and oxygen atoms in total. The summed E-state index contributed by atoms with van der Waals surface area (Å²) in [6.45, 7) is 10.0. The van der Waals surface area contributed by atoms with Gasteiger partial charge in [0.1, 0.15) is 5.82 Å². The number of rotatable bonds is 11. The van der Waals surface area contributed by atoms with Crippen LogP contribution < -0.4 is 20.7 Å². The third kappa shape index (κ3) is 7.66. The van der Waals surface area contributed by atoms with Crippen molar-refractivity contribution in [1.29, 1.82) is 0 Å². The minimum absolute atomic E-state index is 0.00845. The number of piperidine rings is 1. The molecule has 2 fully saturated rings. The summed E-state index contributed by atoms with van der Waals surface area (Å²) in [5.74, 6) is 0.171. The lowest BCUT2D eigenvalue weighted by Crippen LogP contribution is -2.41.